The molecule has 0 unspecified atom stereocenters. The Hall–Kier alpha value is -4.21. The summed E-state index contributed by atoms with van der Waals surface area (Å²) in [5.74, 6) is -1.86. The standard InChI is InChI=1S/C20H17N5O5/c1-3-30-20(29)14-9-22-25(10(14)2)12-6-4-11(5-7-12)24-15(26)8-13-16(17(24)21)19(28)23-18(13)27/h4-9H,3,21H2,1-2H3,(H,23,27,28). The molecule has 10 heteroatoms. The highest BCUT2D eigenvalue weighted by Crippen LogP contribution is 2.24. The number of carbonyl (C=O) groups is 3. The molecular weight excluding hydrogens is 390 g/mol. The summed E-state index contributed by atoms with van der Waals surface area (Å²) in [5.41, 5.74) is 7.46. The molecule has 3 aromatic rings. The van der Waals surface area contributed by atoms with Gasteiger partial charge in [0.1, 0.15) is 11.4 Å². The van der Waals surface area contributed by atoms with Crippen LogP contribution in [-0.4, -0.2) is 38.7 Å². The highest BCUT2D eigenvalue weighted by molar-refractivity contribution is 6.23. The lowest BCUT2D eigenvalue weighted by atomic mass is 10.1. The van der Waals surface area contributed by atoms with Crippen LogP contribution in [0.3, 0.4) is 0 Å². The third-order valence-electron chi connectivity index (χ3n) is 4.81. The minimum atomic E-state index is -0.646. The number of anilines is 1. The molecule has 1 aliphatic heterocycles. The van der Waals surface area contributed by atoms with Crippen LogP contribution in [0.4, 0.5) is 5.82 Å². The molecule has 0 saturated heterocycles. The fourth-order valence-electron chi connectivity index (χ4n) is 3.37. The Morgan fingerprint density at radius 2 is 1.80 bits per heavy atom. The molecule has 4 rings (SSSR count). The Balaban J connectivity index is 1.74. The first-order chi connectivity index (χ1) is 14.3. The monoisotopic (exact) mass is 407 g/mol. The maximum absolute atomic E-state index is 12.5. The average Bonchev–Trinajstić information content (AvgIpc) is 3.22. The number of amides is 2. The van der Waals surface area contributed by atoms with Crippen LogP contribution in [0.15, 0.2) is 41.3 Å². The van der Waals surface area contributed by atoms with Crippen molar-refractivity contribution in [1.82, 2.24) is 19.7 Å². The third-order valence-corrected chi connectivity index (χ3v) is 4.81. The number of nitrogens with zero attached hydrogens (tertiary/aromatic N) is 3. The van der Waals surface area contributed by atoms with E-state index in [4.69, 9.17) is 10.5 Å². The van der Waals surface area contributed by atoms with Crippen molar-refractivity contribution in [1.29, 1.82) is 0 Å². The lowest BCUT2D eigenvalue weighted by Gasteiger charge is -2.13. The number of nitrogen functional groups attached to an aromatic ring is 1. The van der Waals surface area contributed by atoms with E-state index in [9.17, 15) is 19.2 Å². The van der Waals surface area contributed by atoms with Gasteiger partial charge in [0.15, 0.2) is 0 Å². The number of hydrogen-bond donors (Lipinski definition) is 2. The van der Waals surface area contributed by atoms with E-state index in [1.165, 1.54) is 6.20 Å². The molecule has 3 N–H and O–H groups in total. The number of pyridine rings is 1. The van der Waals surface area contributed by atoms with E-state index in [0.717, 1.165) is 10.6 Å². The van der Waals surface area contributed by atoms with Gasteiger partial charge in [-0.05, 0) is 38.1 Å². The van der Waals surface area contributed by atoms with Crippen LogP contribution in [-0.2, 0) is 4.74 Å². The molecule has 0 atom stereocenters. The quantitative estimate of drug-likeness (QED) is 0.485. The lowest BCUT2D eigenvalue weighted by Crippen LogP contribution is -2.24. The number of aromatic nitrogens is 3. The largest absolute Gasteiger partial charge is 0.462 e. The zero-order chi connectivity index (χ0) is 21.6. The van der Waals surface area contributed by atoms with E-state index in [1.807, 2.05) is 0 Å². The Morgan fingerprint density at radius 1 is 1.13 bits per heavy atom. The molecule has 10 nitrogen and oxygen atoms in total. The number of fused-ring (bicyclic) bond motifs is 1. The summed E-state index contributed by atoms with van der Waals surface area (Å²) in [6.45, 7) is 3.73. The van der Waals surface area contributed by atoms with Gasteiger partial charge in [-0.3, -0.25) is 24.3 Å². The van der Waals surface area contributed by atoms with Crippen LogP contribution in [0.5, 0.6) is 0 Å². The van der Waals surface area contributed by atoms with E-state index >= 15 is 0 Å². The summed E-state index contributed by atoms with van der Waals surface area (Å²) < 4.78 is 7.73. The molecule has 3 heterocycles. The molecule has 0 fully saturated rings. The third kappa shape index (κ3) is 2.85. The molecule has 0 bridgehead atoms. The Morgan fingerprint density at radius 3 is 2.47 bits per heavy atom. The summed E-state index contributed by atoms with van der Waals surface area (Å²) in [6.07, 6.45) is 1.43. The molecule has 30 heavy (non-hydrogen) atoms. The van der Waals surface area contributed by atoms with Gasteiger partial charge in [0.05, 0.1) is 41.0 Å². The summed E-state index contributed by atoms with van der Waals surface area (Å²) >= 11 is 0. The number of rotatable bonds is 4. The van der Waals surface area contributed by atoms with Crippen LogP contribution in [0.25, 0.3) is 11.4 Å². The van der Waals surface area contributed by atoms with Gasteiger partial charge in [-0.2, -0.15) is 5.10 Å². The van der Waals surface area contributed by atoms with Gasteiger partial charge < -0.3 is 10.5 Å². The minimum absolute atomic E-state index is 0.0225. The summed E-state index contributed by atoms with van der Waals surface area (Å²) in [7, 11) is 0. The van der Waals surface area contributed by atoms with Crippen molar-refractivity contribution in [2.45, 2.75) is 13.8 Å². The zero-order valence-electron chi connectivity index (χ0n) is 16.1. The first-order valence-electron chi connectivity index (χ1n) is 9.07. The number of carbonyl (C=O) groups excluding carboxylic acids is 3. The van der Waals surface area contributed by atoms with Crippen LogP contribution >= 0.6 is 0 Å². The zero-order valence-corrected chi connectivity index (χ0v) is 16.1. The van der Waals surface area contributed by atoms with Gasteiger partial charge in [-0.1, -0.05) is 0 Å². The maximum atomic E-state index is 12.5. The van der Waals surface area contributed by atoms with Crippen molar-refractivity contribution in [2.24, 2.45) is 0 Å². The fourth-order valence-corrected chi connectivity index (χ4v) is 3.37. The molecule has 1 aliphatic rings. The molecule has 0 spiro atoms. The Bertz CT molecular complexity index is 1270. The topological polar surface area (TPSA) is 138 Å². The number of benzene rings is 1. The molecule has 2 aromatic heterocycles. The number of ether oxygens (including phenoxy) is 1. The predicted molar refractivity (Wildman–Crippen MR) is 106 cm³/mol. The van der Waals surface area contributed by atoms with Crippen LogP contribution < -0.4 is 16.6 Å². The molecular formula is C20H17N5O5. The van der Waals surface area contributed by atoms with Gasteiger partial charge in [-0.25, -0.2) is 9.48 Å². The van der Waals surface area contributed by atoms with Crippen molar-refractivity contribution in [2.75, 3.05) is 12.3 Å². The van der Waals surface area contributed by atoms with Crippen molar-refractivity contribution in [3.8, 4) is 11.4 Å². The number of esters is 1. The minimum Gasteiger partial charge on any atom is -0.462 e. The Labute approximate surface area is 169 Å². The van der Waals surface area contributed by atoms with Crippen molar-refractivity contribution >= 4 is 23.6 Å². The van der Waals surface area contributed by atoms with E-state index in [0.29, 0.717) is 22.6 Å². The van der Waals surface area contributed by atoms with Gasteiger partial charge in [0, 0.05) is 6.07 Å². The van der Waals surface area contributed by atoms with E-state index in [1.54, 1.807) is 42.8 Å². The van der Waals surface area contributed by atoms with E-state index in [2.05, 4.69) is 10.4 Å². The molecule has 152 valence electrons. The van der Waals surface area contributed by atoms with Gasteiger partial charge in [0.25, 0.3) is 17.4 Å². The lowest BCUT2D eigenvalue weighted by molar-refractivity contribution is 0.0525. The molecule has 0 aliphatic carbocycles. The first kappa shape index (κ1) is 19.1. The van der Waals surface area contributed by atoms with E-state index in [-0.39, 0.29) is 23.6 Å². The summed E-state index contributed by atoms with van der Waals surface area (Å²) in [5, 5.41) is 6.35. The Kier molecular flexibility index (Phi) is 4.46. The highest BCUT2D eigenvalue weighted by atomic mass is 16.5. The van der Waals surface area contributed by atoms with E-state index < -0.39 is 23.3 Å². The van der Waals surface area contributed by atoms with Crippen molar-refractivity contribution < 1.29 is 19.1 Å². The summed E-state index contributed by atoms with van der Waals surface area (Å²) in [6, 6.07) is 7.71. The van der Waals surface area contributed by atoms with Crippen molar-refractivity contribution in [3.05, 3.63) is 69.3 Å². The number of imide groups is 1. The predicted octanol–water partition coefficient (Wildman–Crippen LogP) is 0.974. The molecule has 0 radical (unpaired) electrons. The fraction of sp³-hybridized carbons (Fsp3) is 0.150. The number of nitrogens with one attached hydrogen (secondary N) is 1. The average molecular weight is 407 g/mol. The second-order valence-electron chi connectivity index (χ2n) is 6.57. The van der Waals surface area contributed by atoms with Gasteiger partial charge in [-0.15, -0.1) is 0 Å². The number of hydrogen-bond acceptors (Lipinski definition) is 7. The molecule has 1 aromatic carbocycles. The van der Waals surface area contributed by atoms with Gasteiger partial charge >= 0.3 is 5.97 Å². The number of nitrogens with two attached hydrogens (primary N) is 1. The highest BCUT2D eigenvalue weighted by Gasteiger charge is 2.31. The normalized spacial score (nSPS) is 12.6. The van der Waals surface area contributed by atoms with Crippen molar-refractivity contribution in [3.63, 3.8) is 0 Å². The van der Waals surface area contributed by atoms with Crippen LogP contribution in [0, 0.1) is 6.92 Å². The van der Waals surface area contributed by atoms with Gasteiger partial charge in [0.2, 0.25) is 0 Å². The second-order valence-corrected chi connectivity index (χ2v) is 6.57. The molecule has 2 amide bonds. The maximum Gasteiger partial charge on any atom is 0.341 e. The first-order valence-corrected chi connectivity index (χ1v) is 9.07. The summed E-state index contributed by atoms with van der Waals surface area (Å²) in [4.78, 5) is 48.3. The SMILES string of the molecule is CCOC(=O)c1cnn(-c2ccc(-n3c(N)c4c(cc3=O)C(=O)NC4=O)cc2)c1C. The van der Waals surface area contributed by atoms with Crippen LogP contribution in [0.2, 0.25) is 0 Å². The molecule has 0 saturated carbocycles. The van der Waals surface area contributed by atoms with Crippen LogP contribution in [0.1, 0.15) is 43.7 Å². The smallest absolute Gasteiger partial charge is 0.341 e. The second kappa shape index (κ2) is 6.99.